The van der Waals surface area contributed by atoms with Gasteiger partial charge in [0.15, 0.2) is 9.84 Å². The Hall–Kier alpha value is -1.60. The summed E-state index contributed by atoms with van der Waals surface area (Å²) in [5.41, 5.74) is 5.39. The highest BCUT2D eigenvalue weighted by Crippen LogP contribution is 2.26. The highest BCUT2D eigenvalue weighted by atomic mass is 32.2. The van der Waals surface area contributed by atoms with E-state index in [-0.39, 0.29) is 28.7 Å². The van der Waals surface area contributed by atoms with Crippen LogP contribution in [0.2, 0.25) is 0 Å². The first-order chi connectivity index (χ1) is 8.99. The molecule has 0 spiro atoms. The predicted octanol–water partition coefficient (Wildman–Crippen LogP) is 1.25. The number of phenolic OH excluding ortho intramolecular Hbond substituents is 1. The van der Waals surface area contributed by atoms with E-state index < -0.39 is 15.4 Å². The van der Waals surface area contributed by atoms with Gasteiger partial charge in [-0.2, -0.15) is 0 Å². The number of carbonyl (C=O) groups is 1. The van der Waals surface area contributed by atoms with Crippen LogP contribution in [0, 0.1) is 0 Å². The lowest BCUT2D eigenvalue weighted by Crippen LogP contribution is -2.33. The summed E-state index contributed by atoms with van der Waals surface area (Å²) < 4.78 is 22.9. The topological polar surface area (TPSA) is 109 Å². The van der Waals surface area contributed by atoms with Crippen molar-refractivity contribution in [3.05, 3.63) is 18.2 Å². The zero-order valence-electron chi connectivity index (χ0n) is 11.8. The van der Waals surface area contributed by atoms with Crippen LogP contribution in [0.25, 0.3) is 0 Å². The van der Waals surface area contributed by atoms with Crippen molar-refractivity contribution in [3.8, 4) is 5.75 Å². The van der Waals surface area contributed by atoms with Crippen molar-refractivity contribution in [1.82, 2.24) is 0 Å². The number of phenols is 1. The maximum atomic E-state index is 11.7. The maximum Gasteiger partial charge on any atom is 0.224 e. The van der Waals surface area contributed by atoms with Crippen LogP contribution in [-0.4, -0.2) is 31.2 Å². The van der Waals surface area contributed by atoms with Crippen LogP contribution in [0.15, 0.2) is 23.1 Å². The van der Waals surface area contributed by atoms with Crippen molar-refractivity contribution in [2.45, 2.75) is 37.1 Å². The molecule has 0 fully saturated rings. The standard InChI is InChI=1S/C13H20N2O4S/c1-13(2,14)7-6-12(17)15-10-8-9(20(3,18)19)4-5-11(10)16/h4-5,8,16H,6-7,14H2,1-3H3,(H,15,17). The number of aromatic hydroxyl groups is 1. The second-order valence-corrected chi connectivity index (χ2v) is 7.50. The summed E-state index contributed by atoms with van der Waals surface area (Å²) in [6.07, 6.45) is 1.72. The Morgan fingerprint density at radius 2 is 2.00 bits per heavy atom. The molecule has 20 heavy (non-hydrogen) atoms. The Morgan fingerprint density at radius 3 is 2.50 bits per heavy atom. The van der Waals surface area contributed by atoms with Crippen LogP contribution in [0.5, 0.6) is 5.75 Å². The molecular formula is C13H20N2O4S. The molecule has 0 saturated carbocycles. The van der Waals surface area contributed by atoms with Crippen LogP contribution >= 0.6 is 0 Å². The molecule has 7 heteroatoms. The lowest BCUT2D eigenvalue weighted by atomic mass is 10.00. The Bertz CT molecular complexity index is 603. The average Bonchev–Trinajstić information content (AvgIpc) is 2.27. The van der Waals surface area contributed by atoms with E-state index in [1.165, 1.54) is 18.2 Å². The van der Waals surface area contributed by atoms with E-state index in [2.05, 4.69) is 5.32 Å². The van der Waals surface area contributed by atoms with Crippen molar-refractivity contribution in [2.75, 3.05) is 11.6 Å². The molecule has 0 aromatic heterocycles. The predicted molar refractivity (Wildman–Crippen MR) is 77.3 cm³/mol. The minimum absolute atomic E-state index is 0.0322. The van der Waals surface area contributed by atoms with Gasteiger partial charge in [-0.15, -0.1) is 0 Å². The van der Waals surface area contributed by atoms with Gasteiger partial charge < -0.3 is 16.2 Å². The Kier molecular flexibility index (Phi) is 4.77. The smallest absolute Gasteiger partial charge is 0.224 e. The van der Waals surface area contributed by atoms with Gasteiger partial charge in [-0.3, -0.25) is 4.79 Å². The molecule has 1 amide bonds. The van der Waals surface area contributed by atoms with Gasteiger partial charge in [-0.25, -0.2) is 8.42 Å². The van der Waals surface area contributed by atoms with Crippen molar-refractivity contribution >= 4 is 21.4 Å². The van der Waals surface area contributed by atoms with E-state index in [0.29, 0.717) is 6.42 Å². The molecule has 0 heterocycles. The van der Waals surface area contributed by atoms with E-state index >= 15 is 0 Å². The van der Waals surface area contributed by atoms with Gasteiger partial charge in [-0.1, -0.05) is 0 Å². The molecule has 112 valence electrons. The number of benzene rings is 1. The van der Waals surface area contributed by atoms with Gasteiger partial charge in [0, 0.05) is 18.2 Å². The first kappa shape index (κ1) is 16.5. The molecular weight excluding hydrogens is 280 g/mol. The molecule has 0 aliphatic heterocycles. The lowest BCUT2D eigenvalue weighted by Gasteiger charge is -2.17. The number of anilines is 1. The number of carbonyl (C=O) groups excluding carboxylic acids is 1. The summed E-state index contributed by atoms with van der Waals surface area (Å²) in [6, 6.07) is 3.75. The lowest BCUT2D eigenvalue weighted by molar-refractivity contribution is -0.116. The summed E-state index contributed by atoms with van der Waals surface area (Å²) >= 11 is 0. The van der Waals surface area contributed by atoms with Gasteiger partial charge >= 0.3 is 0 Å². The van der Waals surface area contributed by atoms with Crippen LogP contribution < -0.4 is 11.1 Å². The molecule has 6 nitrogen and oxygen atoms in total. The van der Waals surface area contributed by atoms with Crippen LogP contribution in [-0.2, 0) is 14.6 Å². The fourth-order valence-corrected chi connectivity index (χ4v) is 2.14. The van der Waals surface area contributed by atoms with E-state index in [1.807, 2.05) is 13.8 Å². The van der Waals surface area contributed by atoms with E-state index in [9.17, 15) is 18.3 Å². The third-order valence-electron chi connectivity index (χ3n) is 2.67. The van der Waals surface area contributed by atoms with Gasteiger partial charge in [0.05, 0.1) is 10.6 Å². The maximum absolute atomic E-state index is 11.7. The van der Waals surface area contributed by atoms with Crippen LogP contribution in [0.1, 0.15) is 26.7 Å². The highest BCUT2D eigenvalue weighted by molar-refractivity contribution is 7.90. The number of sulfone groups is 1. The molecule has 0 unspecified atom stereocenters. The summed E-state index contributed by atoms with van der Waals surface area (Å²) in [6.45, 7) is 3.62. The summed E-state index contributed by atoms with van der Waals surface area (Å²) in [7, 11) is -3.40. The minimum atomic E-state index is -3.40. The van der Waals surface area contributed by atoms with Crippen LogP contribution in [0.3, 0.4) is 0 Å². The molecule has 0 radical (unpaired) electrons. The van der Waals surface area contributed by atoms with Crippen molar-refractivity contribution in [3.63, 3.8) is 0 Å². The molecule has 0 atom stereocenters. The molecule has 0 aliphatic rings. The molecule has 0 aliphatic carbocycles. The molecule has 1 aromatic carbocycles. The molecule has 0 saturated heterocycles. The normalized spacial score (nSPS) is 12.2. The van der Waals surface area contributed by atoms with Crippen molar-refractivity contribution in [2.24, 2.45) is 5.73 Å². The number of nitrogens with two attached hydrogens (primary N) is 1. The molecule has 1 rings (SSSR count). The Balaban J connectivity index is 2.85. The Labute approximate surface area is 118 Å². The van der Waals surface area contributed by atoms with Crippen LogP contribution in [0.4, 0.5) is 5.69 Å². The van der Waals surface area contributed by atoms with Crippen molar-refractivity contribution in [1.29, 1.82) is 0 Å². The molecule has 4 N–H and O–H groups in total. The van der Waals surface area contributed by atoms with Gasteiger partial charge in [0.25, 0.3) is 0 Å². The quantitative estimate of drug-likeness (QED) is 0.709. The second-order valence-electron chi connectivity index (χ2n) is 5.49. The summed E-state index contributed by atoms with van der Waals surface area (Å²) in [5.74, 6) is -0.512. The Morgan fingerprint density at radius 1 is 1.40 bits per heavy atom. The monoisotopic (exact) mass is 300 g/mol. The van der Waals surface area contributed by atoms with E-state index in [4.69, 9.17) is 5.73 Å². The summed E-state index contributed by atoms with van der Waals surface area (Å²) in [5, 5.41) is 12.1. The first-order valence-corrected chi connectivity index (χ1v) is 8.00. The average molecular weight is 300 g/mol. The molecule has 0 bridgehead atoms. The zero-order chi connectivity index (χ0) is 15.6. The minimum Gasteiger partial charge on any atom is -0.506 e. The summed E-state index contributed by atoms with van der Waals surface area (Å²) in [4.78, 5) is 11.8. The first-order valence-electron chi connectivity index (χ1n) is 6.11. The van der Waals surface area contributed by atoms with Gasteiger partial charge in [0.1, 0.15) is 5.75 Å². The number of hydrogen-bond donors (Lipinski definition) is 3. The number of nitrogens with one attached hydrogen (secondary N) is 1. The fraction of sp³-hybridized carbons (Fsp3) is 0.462. The third kappa shape index (κ3) is 5.18. The number of rotatable bonds is 5. The highest BCUT2D eigenvalue weighted by Gasteiger charge is 2.15. The third-order valence-corrected chi connectivity index (χ3v) is 3.78. The van der Waals surface area contributed by atoms with Crippen molar-refractivity contribution < 1.29 is 18.3 Å². The van der Waals surface area contributed by atoms with Gasteiger partial charge in [-0.05, 0) is 38.5 Å². The largest absolute Gasteiger partial charge is 0.506 e. The van der Waals surface area contributed by atoms with Gasteiger partial charge in [0.2, 0.25) is 5.91 Å². The number of hydrogen-bond acceptors (Lipinski definition) is 5. The second kappa shape index (κ2) is 5.80. The molecule has 1 aromatic rings. The number of amides is 1. The van der Waals surface area contributed by atoms with E-state index in [1.54, 1.807) is 0 Å². The fourth-order valence-electron chi connectivity index (χ4n) is 1.49. The zero-order valence-corrected chi connectivity index (χ0v) is 12.6. The van der Waals surface area contributed by atoms with E-state index in [0.717, 1.165) is 6.26 Å². The SMILES string of the molecule is CC(C)(N)CCC(=O)Nc1cc(S(C)(=O)=O)ccc1O.